The number of likely N-dealkylation sites (tertiary alicyclic amines) is 2. The first kappa shape index (κ1) is 40.9. The van der Waals surface area contributed by atoms with Crippen molar-refractivity contribution >= 4 is 66.2 Å². The number of hydrogen-bond acceptors (Lipinski definition) is 7. The number of nitrogens with zero attached hydrogens (tertiary/aromatic N) is 3. The van der Waals surface area contributed by atoms with E-state index in [1.807, 2.05) is 47.4 Å². The van der Waals surface area contributed by atoms with E-state index in [2.05, 4.69) is 84.2 Å². The zero-order chi connectivity index (χ0) is 38.5. The van der Waals surface area contributed by atoms with E-state index in [4.69, 9.17) is 26.7 Å². The van der Waals surface area contributed by atoms with E-state index in [0.717, 1.165) is 90.5 Å². The molecule has 1 saturated carbocycles. The Morgan fingerprint density at radius 1 is 0.685 bits per heavy atom. The van der Waals surface area contributed by atoms with E-state index in [1.165, 1.54) is 24.0 Å². The Balaban J connectivity index is 0.000000151. The van der Waals surface area contributed by atoms with E-state index in [1.54, 1.807) is 12.1 Å². The molecule has 1 aliphatic carbocycles. The minimum Gasteiger partial charge on any atom is -0.481 e. The van der Waals surface area contributed by atoms with Crippen LogP contribution in [0.5, 0.6) is 0 Å². The molecule has 2 saturated heterocycles. The molecule has 0 spiro atoms. The zero-order valence-corrected chi connectivity index (χ0v) is 33.6. The van der Waals surface area contributed by atoms with Crippen molar-refractivity contribution in [3.05, 3.63) is 123 Å². The molecule has 8 rings (SSSR count). The lowest BCUT2D eigenvalue weighted by molar-refractivity contribution is -0.142. The Morgan fingerprint density at radius 3 is 1.83 bits per heavy atom. The van der Waals surface area contributed by atoms with E-state index in [-0.39, 0.29) is 12.0 Å². The van der Waals surface area contributed by atoms with Crippen LogP contribution >= 0.6 is 31.9 Å². The van der Waals surface area contributed by atoms with Gasteiger partial charge in [-0.1, -0.05) is 105 Å². The third-order valence-electron chi connectivity index (χ3n) is 10.0. The lowest BCUT2D eigenvalue weighted by atomic mass is 10.1. The second kappa shape index (κ2) is 20.5. The van der Waals surface area contributed by atoms with Crippen molar-refractivity contribution in [1.82, 2.24) is 19.8 Å². The molecule has 3 fully saturated rings. The fraction of sp³-hybridized carbons (Fsp3) is 0.357. The fourth-order valence-electron chi connectivity index (χ4n) is 7.13. The summed E-state index contributed by atoms with van der Waals surface area (Å²) in [5.41, 5.74) is 16.9. The van der Waals surface area contributed by atoms with Gasteiger partial charge in [0, 0.05) is 22.0 Å². The topological polar surface area (TPSA) is 162 Å². The summed E-state index contributed by atoms with van der Waals surface area (Å²) >= 11 is 6.78. The molecule has 0 radical (unpaired) electrons. The third-order valence-corrected chi connectivity index (χ3v) is 11.0. The first-order valence-corrected chi connectivity index (χ1v) is 20.1. The monoisotopic (exact) mass is 860 g/mol. The number of halogens is 2. The van der Waals surface area contributed by atoms with Gasteiger partial charge in [-0.3, -0.25) is 19.4 Å². The molecule has 3 heterocycles. The Kier molecular flexibility index (Phi) is 15.5. The molecule has 1 aromatic heterocycles. The molecule has 54 heavy (non-hydrogen) atoms. The number of imidazole rings is 1. The van der Waals surface area contributed by atoms with Gasteiger partial charge >= 0.3 is 11.9 Å². The number of carboxylic acids is 2. The molecule has 7 N–H and O–H groups in total. The number of nitrogens with two attached hydrogens (primary N) is 2. The van der Waals surface area contributed by atoms with Gasteiger partial charge in [0.15, 0.2) is 0 Å². The minimum absolute atomic E-state index is 0.0185. The van der Waals surface area contributed by atoms with E-state index in [0.29, 0.717) is 17.4 Å². The Morgan fingerprint density at radius 2 is 1.26 bits per heavy atom. The Labute approximate surface area is 334 Å². The van der Waals surface area contributed by atoms with Gasteiger partial charge in [0.05, 0.1) is 34.4 Å². The van der Waals surface area contributed by atoms with Crippen LogP contribution in [0.4, 0.5) is 11.4 Å². The summed E-state index contributed by atoms with van der Waals surface area (Å²) in [6.07, 6.45) is 8.19. The summed E-state index contributed by atoms with van der Waals surface area (Å²) in [5.74, 6) is -0.220. The summed E-state index contributed by atoms with van der Waals surface area (Å²) < 4.78 is 2.04. The molecule has 0 unspecified atom stereocenters. The second-order valence-corrected chi connectivity index (χ2v) is 15.8. The number of aromatic amines is 1. The highest BCUT2D eigenvalue weighted by Gasteiger charge is 2.30. The van der Waals surface area contributed by atoms with Crippen molar-refractivity contribution in [1.29, 1.82) is 0 Å². The Bertz CT molecular complexity index is 1940. The summed E-state index contributed by atoms with van der Waals surface area (Å²) in [4.78, 5) is 34.1. The summed E-state index contributed by atoms with van der Waals surface area (Å²) in [6.45, 7) is 3.77. The SMILES string of the molecule is Brc1ccc2nc([C@@H]3CCCN3Cc3ccccc3)[nH]c2c1.Nc1ccc(Br)cc1N.O=C(O)C1CCCC1.O=C(O)[C@@H]1CCCN1Cc1ccccc1. The molecule has 4 aromatic carbocycles. The summed E-state index contributed by atoms with van der Waals surface area (Å²) in [7, 11) is 0. The maximum absolute atomic E-state index is 11.0. The lowest BCUT2D eigenvalue weighted by Crippen LogP contribution is -2.35. The number of H-pyrrole nitrogens is 1. The largest absolute Gasteiger partial charge is 0.481 e. The highest BCUT2D eigenvalue weighted by molar-refractivity contribution is 9.10. The lowest BCUT2D eigenvalue weighted by Gasteiger charge is -2.22. The predicted octanol–water partition coefficient (Wildman–Crippen LogP) is 9.27. The number of aliphatic carboxylic acids is 2. The minimum atomic E-state index is -0.691. The summed E-state index contributed by atoms with van der Waals surface area (Å²) in [5, 5.41) is 17.4. The van der Waals surface area contributed by atoms with Crippen molar-refractivity contribution in [2.75, 3.05) is 24.6 Å². The number of nitrogen functional groups attached to an aromatic ring is 2. The van der Waals surface area contributed by atoms with Crippen LogP contribution in [0.3, 0.4) is 0 Å². The fourth-order valence-corrected chi connectivity index (χ4v) is 7.87. The van der Waals surface area contributed by atoms with Gasteiger partial charge in [-0.25, -0.2) is 4.98 Å². The van der Waals surface area contributed by atoms with Crippen molar-refractivity contribution in [3.8, 4) is 0 Å². The van der Waals surface area contributed by atoms with Crippen molar-refractivity contribution in [2.45, 2.75) is 76.5 Å². The van der Waals surface area contributed by atoms with Gasteiger partial charge in [-0.05, 0) is 99.1 Å². The number of benzene rings is 4. The van der Waals surface area contributed by atoms with E-state index >= 15 is 0 Å². The standard InChI is InChI=1S/C18H18BrN3.C12H15NO2.C6H7BrN2.C6H10O2/c19-14-8-9-15-16(11-14)21-18(20-15)17-7-4-10-22(17)12-13-5-2-1-3-6-13;14-12(15)11-7-4-8-13(11)9-10-5-2-1-3-6-10;7-4-1-2-5(8)6(9)3-4;7-6(8)5-3-1-2-4-5/h1-3,5-6,8-9,11,17H,4,7,10,12H2,(H,20,21);1-3,5-6,11H,4,7-9H2,(H,14,15);1-3H,8-9H2;5H,1-4H2,(H,7,8)/t17-;11-;;/m00../s1. The van der Waals surface area contributed by atoms with Gasteiger partial charge < -0.3 is 26.7 Å². The van der Waals surface area contributed by atoms with Crippen LogP contribution < -0.4 is 11.5 Å². The van der Waals surface area contributed by atoms with Crippen LogP contribution in [0.15, 0.2) is 106 Å². The first-order chi connectivity index (χ1) is 26.1. The maximum atomic E-state index is 11.0. The van der Waals surface area contributed by atoms with Gasteiger partial charge in [-0.2, -0.15) is 0 Å². The molecular weight excluding hydrogens is 812 g/mol. The number of carbonyl (C=O) groups is 2. The van der Waals surface area contributed by atoms with Gasteiger partial charge in [-0.15, -0.1) is 0 Å². The number of aromatic nitrogens is 2. The number of rotatable bonds is 7. The van der Waals surface area contributed by atoms with Crippen molar-refractivity contribution < 1.29 is 19.8 Å². The van der Waals surface area contributed by atoms with Gasteiger partial charge in [0.25, 0.3) is 0 Å². The average molecular weight is 863 g/mol. The molecule has 286 valence electrons. The quantitative estimate of drug-likeness (QED) is 0.101. The molecule has 12 heteroatoms. The zero-order valence-electron chi connectivity index (χ0n) is 30.4. The highest BCUT2D eigenvalue weighted by atomic mass is 79.9. The van der Waals surface area contributed by atoms with Crippen LogP contribution in [0.25, 0.3) is 11.0 Å². The normalized spacial score (nSPS) is 18.6. The molecule has 2 atom stereocenters. The number of carboxylic acid groups (broad SMARTS) is 2. The van der Waals surface area contributed by atoms with Crippen LogP contribution in [-0.4, -0.2) is 61.1 Å². The molecule has 0 bridgehead atoms. The van der Waals surface area contributed by atoms with Gasteiger partial charge in [0.1, 0.15) is 11.9 Å². The smallest absolute Gasteiger partial charge is 0.320 e. The molecular formula is C42H50Br2N6O4. The summed E-state index contributed by atoms with van der Waals surface area (Å²) in [6, 6.07) is 32.4. The molecule has 0 amide bonds. The Hall–Kier alpha value is -4.23. The highest BCUT2D eigenvalue weighted by Crippen LogP contribution is 2.33. The van der Waals surface area contributed by atoms with Crippen LogP contribution in [-0.2, 0) is 22.7 Å². The van der Waals surface area contributed by atoms with Crippen LogP contribution in [0, 0.1) is 5.92 Å². The predicted molar refractivity (Wildman–Crippen MR) is 223 cm³/mol. The number of hydrogen-bond donors (Lipinski definition) is 5. The molecule has 3 aliphatic rings. The van der Waals surface area contributed by atoms with Crippen molar-refractivity contribution in [3.63, 3.8) is 0 Å². The molecule has 2 aliphatic heterocycles. The van der Waals surface area contributed by atoms with E-state index < -0.39 is 11.9 Å². The maximum Gasteiger partial charge on any atom is 0.320 e. The van der Waals surface area contributed by atoms with Crippen LogP contribution in [0.1, 0.15) is 74.4 Å². The number of fused-ring (bicyclic) bond motifs is 1. The van der Waals surface area contributed by atoms with Gasteiger partial charge in [0.2, 0.25) is 0 Å². The average Bonchev–Trinajstić information content (AvgIpc) is 4.00. The third kappa shape index (κ3) is 12.1. The van der Waals surface area contributed by atoms with Crippen molar-refractivity contribution in [2.24, 2.45) is 5.92 Å². The number of anilines is 2. The second-order valence-electron chi connectivity index (χ2n) is 13.9. The first-order valence-electron chi connectivity index (χ1n) is 18.5. The molecule has 10 nitrogen and oxygen atoms in total. The number of nitrogens with one attached hydrogen (secondary N) is 1. The van der Waals surface area contributed by atoms with E-state index in [9.17, 15) is 9.59 Å². The molecule has 5 aromatic rings. The van der Waals surface area contributed by atoms with Crippen LogP contribution in [0.2, 0.25) is 0 Å².